The Balaban J connectivity index is 1.86. The highest BCUT2D eigenvalue weighted by Crippen LogP contribution is 2.25. The molecule has 94 valence electrons. The van der Waals surface area contributed by atoms with Crippen LogP contribution in [0.1, 0.15) is 41.9 Å². The van der Waals surface area contributed by atoms with Gasteiger partial charge in [0.05, 0.1) is 5.75 Å². The second-order valence-corrected chi connectivity index (χ2v) is 5.89. The highest BCUT2D eigenvalue weighted by atomic mass is 32.2. The summed E-state index contributed by atoms with van der Waals surface area (Å²) in [6, 6.07) is 1.34. The SMILES string of the molecule is O=C(O)c1cc(CS(=O)CC2CCCC2)on1. The van der Waals surface area contributed by atoms with Gasteiger partial charge in [-0.3, -0.25) is 4.21 Å². The predicted octanol–water partition coefficient (Wildman–Crippen LogP) is 1.81. The van der Waals surface area contributed by atoms with Crippen molar-refractivity contribution in [2.75, 3.05) is 5.75 Å². The Morgan fingerprint density at radius 3 is 2.82 bits per heavy atom. The monoisotopic (exact) mass is 257 g/mol. The van der Waals surface area contributed by atoms with Crippen LogP contribution in [0.15, 0.2) is 10.6 Å². The molecule has 0 radical (unpaired) electrons. The molecule has 1 aliphatic rings. The molecule has 1 aromatic rings. The maximum Gasteiger partial charge on any atom is 0.358 e. The van der Waals surface area contributed by atoms with Crippen molar-refractivity contribution in [3.8, 4) is 0 Å². The average Bonchev–Trinajstić information content (AvgIpc) is 2.88. The fourth-order valence-corrected chi connectivity index (χ4v) is 3.57. The molecule has 17 heavy (non-hydrogen) atoms. The van der Waals surface area contributed by atoms with Gasteiger partial charge in [0.1, 0.15) is 5.76 Å². The summed E-state index contributed by atoms with van der Waals surface area (Å²) in [7, 11) is -0.987. The van der Waals surface area contributed by atoms with Crippen LogP contribution in [0.2, 0.25) is 0 Å². The summed E-state index contributed by atoms with van der Waals surface area (Å²) >= 11 is 0. The second kappa shape index (κ2) is 5.44. The zero-order valence-corrected chi connectivity index (χ0v) is 10.2. The lowest BCUT2D eigenvalue weighted by atomic mass is 10.1. The summed E-state index contributed by atoms with van der Waals surface area (Å²) in [5.74, 6) is 0.762. The van der Waals surface area contributed by atoms with Gasteiger partial charge in [0.15, 0.2) is 5.69 Å². The zero-order chi connectivity index (χ0) is 12.3. The Bertz CT molecular complexity index is 423. The van der Waals surface area contributed by atoms with Crippen LogP contribution >= 0.6 is 0 Å². The van der Waals surface area contributed by atoms with E-state index in [0.717, 1.165) is 12.8 Å². The third kappa shape index (κ3) is 3.39. The molecule has 1 atom stereocenters. The predicted molar refractivity (Wildman–Crippen MR) is 62.1 cm³/mol. The van der Waals surface area contributed by atoms with Gasteiger partial charge in [-0.25, -0.2) is 4.79 Å². The minimum Gasteiger partial charge on any atom is -0.476 e. The van der Waals surface area contributed by atoms with Crippen molar-refractivity contribution in [3.63, 3.8) is 0 Å². The van der Waals surface area contributed by atoms with Crippen LogP contribution in [-0.4, -0.2) is 26.2 Å². The fraction of sp³-hybridized carbons (Fsp3) is 0.636. The normalized spacial score (nSPS) is 18.4. The molecule has 1 unspecified atom stereocenters. The molecule has 0 bridgehead atoms. The average molecular weight is 257 g/mol. The van der Waals surface area contributed by atoms with E-state index in [2.05, 4.69) is 5.16 Å². The molecule has 0 amide bonds. The van der Waals surface area contributed by atoms with Gasteiger partial charge in [-0.1, -0.05) is 18.0 Å². The summed E-state index contributed by atoms with van der Waals surface area (Å²) in [4.78, 5) is 10.6. The van der Waals surface area contributed by atoms with E-state index in [1.807, 2.05) is 0 Å². The summed E-state index contributed by atoms with van der Waals surface area (Å²) in [6.45, 7) is 0. The van der Waals surface area contributed by atoms with Crippen molar-refractivity contribution in [2.24, 2.45) is 5.92 Å². The minimum atomic E-state index is -1.12. The number of aromatic carboxylic acids is 1. The van der Waals surface area contributed by atoms with E-state index in [1.54, 1.807) is 0 Å². The fourth-order valence-electron chi connectivity index (χ4n) is 2.14. The molecule has 1 heterocycles. The molecule has 1 fully saturated rings. The van der Waals surface area contributed by atoms with Crippen LogP contribution in [-0.2, 0) is 16.6 Å². The Labute approximate surface area is 102 Å². The summed E-state index contributed by atoms with van der Waals surface area (Å²) < 4.78 is 16.7. The van der Waals surface area contributed by atoms with Gasteiger partial charge in [-0.15, -0.1) is 0 Å². The van der Waals surface area contributed by atoms with Crippen molar-refractivity contribution in [1.29, 1.82) is 0 Å². The molecule has 0 aliphatic heterocycles. The Kier molecular flexibility index (Phi) is 3.93. The molecule has 1 aliphatic carbocycles. The molecule has 1 saturated carbocycles. The van der Waals surface area contributed by atoms with Crippen molar-refractivity contribution in [1.82, 2.24) is 5.16 Å². The van der Waals surface area contributed by atoms with E-state index in [0.29, 0.717) is 17.4 Å². The third-order valence-corrected chi connectivity index (χ3v) is 4.43. The highest BCUT2D eigenvalue weighted by Gasteiger charge is 2.19. The lowest BCUT2D eigenvalue weighted by Crippen LogP contribution is -2.09. The van der Waals surface area contributed by atoms with Gasteiger partial charge in [-0.2, -0.15) is 0 Å². The first-order chi connectivity index (χ1) is 8.15. The standard InChI is InChI=1S/C11H15NO4S/c13-11(14)10-5-9(16-12-10)7-17(15)6-8-3-1-2-4-8/h5,8H,1-4,6-7H2,(H,13,14). The zero-order valence-electron chi connectivity index (χ0n) is 9.42. The number of carboxylic acids is 1. The number of carbonyl (C=O) groups is 1. The van der Waals surface area contributed by atoms with Crippen molar-refractivity contribution in [3.05, 3.63) is 17.5 Å². The third-order valence-electron chi connectivity index (χ3n) is 2.98. The lowest BCUT2D eigenvalue weighted by Gasteiger charge is -2.06. The molecule has 1 aromatic heterocycles. The minimum absolute atomic E-state index is 0.127. The Morgan fingerprint density at radius 1 is 1.53 bits per heavy atom. The highest BCUT2D eigenvalue weighted by molar-refractivity contribution is 7.84. The van der Waals surface area contributed by atoms with Crippen molar-refractivity contribution >= 4 is 16.8 Å². The smallest absolute Gasteiger partial charge is 0.358 e. The van der Waals surface area contributed by atoms with Crippen LogP contribution < -0.4 is 0 Å². The summed E-state index contributed by atoms with van der Waals surface area (Å²) in [5.41, 5.74) is -0.127. The lowest BCUT2D eigenvalue weighted by molar-refractivity contribution is 0.0685. The quantitative estimate of drug-likeness (QED) is 0.870. The molecule has 0 spiro atoms. The van der Waals surface area contributed by atoms with E-state index in [9.17, 15) is 9.00 Å². The Hall–Kier alpha value is -1.17. The van der Waals surface area contributed by atoms with Gasteiger partial charge in [0.2, 0.25) is 0 Å². The molecule has 0 saturated heterocycles. The van der Waals surface area contributed by atoms with E-state index in [1.165, 1.54) is 18.9 Å². The molecular weight excluding hydrogens is 242 g/mol. The maximum atomic E-state index is 11.8. The van der Waals surface area contributed by atoms with Crippen LogP contribution in [0, 0.1) is 5.92 Å². The number of aromatic nitrogens is 1. The van der Waals surface area contributed by atoms with Gasteiger partial charge in [-0.05, 0) is 18.8 Å². The van der Waals surface area contributed by atoms with Crippen LogP contribution in [0.3, 0.4) is 0 Å². The van der Waals surface area contributed by atoms with Gasteiger partial charge in [0.25, 0.3) is 0 Å². The molecule has 2 rings (SSSR count). The van der Waals surface area contributed by atoms with Crippen LogP contribution in [0.5, 0.6) is 0 Å². The first-order valence-corrected chi connectivity index (χ1v) is 7.18. The van der Waals surface area contributed by atoms with Gasteiger partial charge in [0, 0.05) is 22.6 Å². The molecular formula is C11H15NO4S. The van der Waals surface area contributed by atoms with E-state index >= 15 is 0 Å². The molecule has 6 heteroatoms. The molecule has 0 aromatic carbocycles. The Morgan fingerprint density at radius 2 is 2.24 bits per heavy atom. The summed E-state index contributed by atoms with van der Waals surface area (Å²) in [6.07, 6.45) is 4.77. The van der Waals surface area contributed by atoms with Crippen molar-refractivity contribution < 1.29 is 18.6 Å². The van der Waals surface area contributed by atoms with Crippen LogP contribution in [0.25, 0.3) is 0 Å². The van der Waals surface area contributed by atoms with E-state index in [-0.39, 0.29) is 11.4 Å². The number of hydrogen-bond donors (Lipinski definition) is 1. The van der Waals surface area contributed by atoms with Gasteiger partial charge >= 0.3 is 5.97 Å². The summed E-state index contributed by atoms with van der Waals surface area (Å²) in [5, 5.41) is 12.1. The number of carboxylic acid groups (broad SMARTS) is 1. The molecule has 1 N–H and O–H groups in total. The number of nitrogens with zero attached hydrogens (tertiary/aromatic N) is 1. The topological polar surface area (TPSA) is 80.4 Å². The molecule has 5 nitrogen and oxygen atoms in total. The number of rotatable bonds is 5. The maximum absolute atomic E-state index is 11.8. The first-order valence-electron chi connectivity index (χ1n) is 5.69. The second-order valence-electron chi connectivity index (χ2n) is 4.38. The van der Waals surface area contributed by atoms with Crippen LogP contribution in [0.4, 0.5) is 0 Å². The van der Waals surface area contributed by atoms with E-state index in [4.69, 9.17) is 9.63 Å². The van der Waals surface area contributed by atoms with Crippen molar-refractivity contribution in [2.45, 2.75) is 31.4 Å². The first kappa shape index (κ1) is 12.3. The van der Waals surface area contributed by atoms with Gasteiger partial charge < -0.3 is 9.63 Å². The number of hydrogen-bond acceptors (Lipinski definition) is 4. The van der Waals surface area contributed by atoms with E-state index < -0.39 is 16.8 Å². The largest absolute Gasteiger partial charge is 0.476 e.